The van der Waals surface area contributed by atoms with E-state index in [1.807, 2.05) is 80.8 Å². The summed E-state index contributed by atoms with van der Waals surface area (Å²) in [6, 6.07) is 27.4. The zero-order valence-corrected chi connectivity index (χ0v) is 17.7. The van der Waals surface area contributed by atoms with Gasteiger partial charge in [-0.15, -0.1) is 0 Å². The Morgan fingerprint density at radius 2 is 1.58 bits per heavy atom. The van der Waals surface area contributed by atoms with E-state index in [1.165, 1.54) is 0 Å². The van der Waals surface area contributed by atoms with Crippen LogP contribution in [0.15, 0.2) is 95.5 Å². The molecular weight excluding hydrogens is 386 g/mol. The molecule has 3 aromatic carbocycles. The maximum absolute atomic E-state index is 13.1. The third kappa shape index (κ3) is 4.73. The van der Waals surface area contributed by atoms with Crippen molar-refractivity contribution in [1.29, 1.82) is 0 Å². The molecule has 0 fully saturated rings. The van der Waals surface area contributed by atoms with Crippen LogP contribution in [0.5, 0.6) is 0 Å². The van der Waals surface area contributed by atoms with Gasteiger partial charge in [0.15, 0.2) is 5.76 Å². The van der Waals surface area contributed by atoms with E-state index in [0.717, 1.165) is 11.1 Å². The largest absolute Gasteiger partial charge is 0.436 e. The topological polar surface area (TPSA) is 58.4 Å². The Morgan fingerprint density at radius 1 is 0.935 bits per heavy atom. The molecule has 0 aliphatic heterocycles. The molecule has 0 bridgehead atoms. The van der Waals surface area contributed by atoms with Gasteiger partial charge in [0.25, 0.3) is 5.91 Å². The molecule has 0 saturated carbocycles. The number of hydrogen-bond donors (Lipinski definition) is 1. The summed E-state index contributed by atoms with van der Waals surface area (Å²) in [5.41, 5.74) is 3.30. The van der Waals surface area contributed by atoms with E-state index in [4.69, 9.17) is 4.42 Å². The fraction of sp³-hybridized carbons (Fsp3) is 0.154. The Bertz CT molecular complexity index is 1140. The van der Waals surface area contributed by atoms with Gasteiger partial charge in [0.2, 0.25) is 5.89 Å². The Hall–Kier alpha value is -3.70. The molecule has 0 spiro atoms. The molecule has 1 unspecified atom stereocenters. The van der Waals surface area contributed by atoms with E-state index in [1.54, 1.807) is 12.3 Å². The van der Waals surface area contributed by atoms with E-state index >= 15 is 0 Å². The fourth-order valence-electron chi connectivity index (χ4n) is 3.56. The van der Waals surface area contributed by atoms with Crippen LogP contribution in [0.1, 0.15) is 22.0 Å². The molecule has 156 valence electrons. The minimum atomic E-state index is -0.155. The first-order valence-electron chi connectivity index (χ1n) is 10.2. The van der Waals surface area contributed by atoms with Crippen molar-refractivity contribution in [3.8, 4) is 22.8 Å². The number of carbonyl (C=O) groups excluding carboxylic acids is 1. The summed E-state index contributed by atoms with van der Waals surface area (Å²) in [7, 11) is 4.02. The molecule has 1 amide bonds. The predicted octanol–water partition coefficient (Wildman–Crippen LogP) is 5.04. The molecule has 0 radical (unpaired) electrons. The number of hydrogen-bond acceptors (Lipinski definition) is 4. The van der Waals surface area contributed by atoms with E-state index in [9.17, 15) is 4.79 Å². The molecule has 5 nitrogen and oxygen atoms in total. The summed E-state index contributed by atoms with van der Waals surface area (Å²) in [6.07, 6.45) is 1.69. The highest BCUT2D eigenvalue weighted by atomic mass is 16.4. The van der Waals surface area contributed by atoms with Crippen molar-refractivity contribution in [3.63, 3.8) is 0 Å². The molecule has 0 aliphatic carbocycles. The molecule has 0 aliphatic rings. The van der Waals surface area contributed by atoms with Crippen LogP contribution in [-0.2, 0) is 0 Å². The minimum Gasteiger partial charge on any atom is -0.436 e. The maximum atomic E-state index is 13.1. The van der Waals surface area contributed by atoms with Gasteiger partial charge in [-0.2, -0.15) is 0 Å². The van der Waals surface area contributed by atoms with E-state index in [0.29, 0.717) is 29.3 Å². The average molecular weight is 412 g/mol. The first-order chi connectivity index (χ1) is 15.1. The van der Waals surface area contributed by atoms with Crippen molar-refractivity contribution in [1.82, 2.24) is 15.2 Å². The Morgan fingerprint density at radius 3 is 2.29 bits per heavy atom. The summed E-state index contributed by atoms with van der Waals surface area (Å²) in [5, 5.41) is 3.08. The first-order valence-corrected chi connectivity index (χ1v) is 10.2. The van der Waals surface area contributed by atoms with Gasteiger partial charge in [-0.3, -0.25) is 4.79 Å². The van der Waals surface area contributed by atoms with Crippen molar-refractivity contribution in [3.05, 3.63) is 102 Å². The molecule has 1 heterocycles. The van der Waals surface area contributed by atoms with Crippen LogP contribution >= 0.6 is 0 Å². The Balaban J connectivity index is 1.55. The van der Waals surface area contributed by atoms with Crippen LogP contribution in [-0.4, -0.2) is 36.4 Å². The number of nitrogens with one attached hydrogen (secondary N) is 1. The zero-order valence-electron chi connectivity index (χ0n) is 17.7. The number of aromatic nitrogens is 1. The SMILES string of the molecule is CN(C)C(CNC(=O)c1ccccc1-c1ncc(-c2ccccc2)o1)c1ccccc1. The number of likely N-dealkylation sites (N-methyl/N-ethyl adjacent to an activating group) is 1. The van der Waals surface area contributed by atoms with Gasteiger partial charge in [0.05, 0.1) is 17.8 Å². The van der Waals surface area contributed by atoms with Gasteiger partial charge in [-0.1, -0.05) is 72.8 Å². The van der Waals surface area contributed by atoms with Crippen molar-refractivity contribution < 1.29 is 9.21 Å². The molecule has 1 atom stereocenters. The van der Waals surface area contributed by atoms with Crippen molar-refractivity contribution in [2.45, 2.75) is 6.04 Å². The standard InChI is InChI=1S/C26H25N3O2/c1-29(2)23(19-11-5-3-6-12-19)17-27-25(30)21-15-9-10-16-22(21)26-28-18-24(31-26)20-13-7-4-8-14-20/h3-16,18,23H,17H2,1-2H3,(H,27,30). The fourth-order valence-corrected chi connectivity index (χ4v) is 3.56. The molecule has 1 N–H and O–H groups in total. The van der Waals surface area contributed by atoms with Gasteiger partial charge in [0, 0.05) is 17.7 Å². The third-order valence-electron chi connectivity index (χ3n) is 5.23. The lowest BCUT2D eigenvalue weighted by Gasteiger charge is -2.25. The van der Waals surface area contributed by atoms with Gasteiger partial charge in [-0.05, 0) is 31.8 Å². The molecule has 4 aromatic rings. The highest BCUT2D eigenvalue weighted by Crippen LogP contribution is 2.28. The van der Waals surface area contributed by atoms with Crippen molar-refractivity contribution in [2.75, 3.05) is 20.6 Å². The molecule has 31 heavy (non-hydrogen) atoms. The lowest BCUT2D eigenvalue weighted by molar-refractivity contribution is 0.0942. The average Bonchev–Trinajstić information content (AvgIpc) is 3.30. The van der Waals surface area contributed by atoms with E-state index in [-0.39, 0.29) is 11.9 Å². The maximum Gasteiger partial charge on any atom is 0.252 e. The Kier molecular flexibility index (Phi) is 6.24. The second-order valence-electron chi connectivity index (χ2n) is 7.54. The zero-order chi connectivity index (χ0) is 21.6. The molecule has 4 rings (SSSR count). The van der Waals surface area contributed by atoms with Gasteiger partial charge < -0.3 is 14.6 Å². The van der Waals surface area contributed by atoms with Crippen molar-refractivity contribution in [2.24, 2.45) is 0 Å². The second-order valence-corrected chi connectivity index (χ2v) is 7.54. The number of amides is 1. The van der Waals surface area contributed by atoms with Gasteiger partial charge in [-0.25, -0.2) is 4.98 Å². The smallest absolute Gasteiger partial charge is 0.252 e. The van der Waals surface area contributed by atoms with Gasteiger partial charge in [0.1, 0.15) is 0 Å². The summed E-state index contributed by atoms with van der Waals surface area (Å²) in [5.74, 6) is 0.942. The van der Waals surface area contributed by atoms with E-state index < -0.39 is 0 Å². The summed E-state index contributed by atoms with van der Waals surface area (Å²) >= 11 is 0. The van der Waals surface area contributed by atoms with E-state index in [2.05, 4.69) is 27.3 Å². The normalized spacial score (nSPS) is 12.0. The lowest BCUT2D eigenvalue weighted by Crippen LogP contribution is -2.34. The van der Waals surface area contributed by atoms with Crippen LogP contribution in [0.2, 0.25) is 0 Å². The number of benzene rings is 3. The molecule has 0 saturated heterocycles. The summed E-state index contributed by atoms with van der Waals surface area (Å²) in [6.45, 7) is 0.491. The highest BCUT2D eigenvalue weighted by molar-refractivity contribution is 6.00. The first kappa shape index (κ1) is 20.6. The van der Waals surface area contributed by atoms with Crippen LogP contribution in [0.4, 0.5) is 0 Å². The molecular formula is C26H25N3O2. The third-order valence-corrected chi connectivity index (χ3v) is 5.23. The summed E-state index contributed by atoms with van der Waals surface area (Å²) < 4.78 is 5.98. The Labute approximate surface area is 182 Å². The quantitative estimate of drug-likeness (QED) is 0.463. The van der Waals surface area contributed by atoms with Gasteiger partial charge >= 0.3 is 0 Å². The highest BCUT2D eigenvalue weighted by Gasteiger charge is 2.19. The monoisotopic (exact) mass is 411 g/mol. The molecule has 1 aromatic heterocycles. The van der Waals surface area contributed by atoms with Crippen LogP contribution < -0.4 is 5.32 Å². The summed E-state index contributed by atoms with van der Waals surface area (Å²) in [4.78, 5) is 19.6. The van der Waals surface area contributed by atoms with Crippen LogP contribution in [0, 0.1) is 0 Å². The van der Waals surface area contributed by atoms with Crippen LogP contribution in [0.3, 0.4) is 0 Å². The minimum absolute atomic E-state index is 0.0729. The molecule has 5 heteroatoms. The lowest BCUT2D eigenvalue weighted by atomic mass is 10.0. The van der Waals surface area contributed by atoms with Crippen molar-refractivity contribution >= 4 is 5.91 Å². The number of nitrogens with zero attached hydrogens (tertiary/aromatic N) is 2. The van der Waals surface area contributed by atoms with Crippen LogP contribution in [0.25, 0.3) is 22.8 Å². The second kappa shape index (κ2) is 9.41. The number of rotatable bonds is 7. The predicted molar refractivity (Wildman–Crippen MR) is 123 cm³/mol. The number of carbonyl (C=O) groups is 1. The number of oxazole rings is 1.